The number of aryl methyl sites for hydroxylation is 1. The maximum absolute atomic E-state index is 12.2. The lowest BCUT2D eigenvalue weighted by molar-refractivity contribution is 0.0950. The molecule has 0 atom stereocenters. The number of nitrogens with zero attached hydrogens (tertiary/aromatic N) is 3. The predicted molar refractivity (Wildman–Crippen MR) is 81.0 cm³/mol. The quantitative estimate of drug-likeness (QED) is 0.846. The van der Waals surface area contributed by atoms with E-state index in [4.69, 9.17) is 0 Å². The summed E-state index contributed by atoms with van der Waals surface area (Å²) in [4.78, 5) is 16.7. The van der Waals surface area contributed by atoms with E-state index in [1.54, 1.807) is 25.4 Å². The molecule has 0 aliphatic heterocycles. The molecule has 0 spiro atoms. The second-order valence-electron chi connectivity index (χ2n) is 4.63. The normalized spacial score (nSPS) is 10.2. The molecule has 0 aliphatic rings. The number of aromatic nitrogens is 3. The molecule has 0 aliphatic carbocycles. The van der Waals surface area contributed by atoms with Crippen LogP contribution in [0.4, 0.5) is 5.82 Å². The monoisotopic (exact) mass is 285 g/mol. The predicted octanol–water partition coefficient (Wildman–Crippen LogP) is 1.80. The Bertz CT molecular complexity index is 600. The van der Waals surface area contributed by atoms with Gasteiger partial charge in [0.05, 0.1) is 12.2 Å². The highest BCUT2D eigenvalue weighted by atomic mass is 16.1. The Morgan fingerprint density at radius 1 is 1.29 bits per heavy atom. The van der Waals surface area contributed by atoms with Gasteiger partial charge in [-0.15, -0.1) is 0 Å². The van der Waals surface area contributed by atoms with Crippen LogP contribution in [0.15, 0.2) is 30.5 Å². The maximum Gasteiger partial charge on any atom is 0.251 e. The highest BCUT2D eigenvalue weighted by Gasteiger charge is 2.09. The second-order valence-corrected chi connectivity index (χ2v) is 4.63. The van der Waals surface area contributed by atoms with E-state index in [1.165, 1.54) is 0 Å². The number of nitrogens with one attached hydrogen (secondary N) is 2. The summed E-state index contributed by atoms with van der Waals surface area (Å²) in [6.45, 7) is 2.44. The molecule has 6 nitrogen and oxygen atoms in total. The molecule has 0 saturated carbocycles. The number of carbonyl (C=O) groups is 1. The Morgan fingerprint density at radius 3 is 2.81 bits per heavy atom. The maximum atomic E-state index is 12.2. The van der Waals surface area contributed by atoms with Gasteiger partial charge in [-0.1, -0.05) is 13.3 Å². The van der Waals surface area contributed by atoms with Crippen molar-refractivity contribution in [3.63, 3.8) is 0 Å². The van der Waals surface area contributed by atoms with Crippen molar-refractivity contribution in [3.05, 3.63) is 47.4 Å². The Hall–Kier alpha value is -2.50. The third-order valence-electron chi connectivity index (χ3n) is 2.96. The van der Waals surface area contributed by atoms with Crippen LogP contribution in [0.5, 0.6) is 0 Å². The van der Waals surface area contributed by atoms with E-state index in [9.17, 15) is 4.79 Å². The van der Waals surface area contributed by atoms with Crippen molar-refractivity contribution in [1.29, 1.82) is 0 Å². The Kier molecular flexibility index (Phi) is 5.20. The van der Waals surface area contributed by atoms with Crippen LogP contribution in [0.1, 0.15) is 35.1 Å². The van der Waals surface area contributed by atoms with Crippen molar-refractivity contribution in [2.45, 2.75) is 26.3 Å². The molecule has 2 rings (SSSR count). The van der Waals surface area contributed by atoms with Gasteiger partial charge in [0.1, 0.15) is 5.82 Å². The van der Waals surface area contributed by atoms with Gasteiger partial charge < -0.3 is 10.6 Å². The molecule has 2 N–H and O–H groups in total. The summed E-state index contributed by atoms with van der Waals surface area (Å²) in [5.74, 6) is 0.558. The standard InChI is InChI=1S/C15H19N5O/c1-3-5-12-8-11(9-14(16-2)19-12)15(21)17-10-13-6-4-7-18-20-13/h4,6-9H,3,5,10H2,1-2H3,(H,16,19)(H,17,21). The fourth-order valence-electron chi connectivity index (χ4n) is 1.93. The highest BCUT2D eigenvalue weighted by molar-refractivity contribution is 5.94. The molecule has 1 amide bonds. The van der Waals surface area contributed by atoms with Crippen molar-refractivity contribution in [2.75, 3.05) is 12.4 Å². The molecule has 0 saturated heterocycles. The topological polar surface area (TPSA) is 79.8 Å². The summed E-state index contributed by atoms with van der Waals surface area (Å²) in [7, 11) is 1.79. The lowest BCUT2D eigenvalue weighted by atomic mass is 10.1. The molecule has 2 heterocycles. The number of amides is 1. The Balaban J connectivity index is 2.09. The first-order chi connectivity index (χ1) is 10.2. The fourth-order valence-corrected chi connectivity index (χ4v) is 1.93. The molecule has 21 heavy (non-hydrogen) atoms. The summed E-state index contributed by atoms with van der Waals surface area (Å²) in [5.41, 5.74) is 2.23. The van der Waals surface area contributed by atoms with Crippen LogP contribution < -0.4 is 10.6 Å². The van der Waals surface area contributed by atoms with Gasteiger partial charge in [0, 0.05) is 24.5 Å². The van der Waals surface area contributed by atoms with Crippen molar-refractivity contribution in [1.82, 2.24) is 20.5 Å². The van der Waals surface area contributed by atoms with Gasteiger partial charge in [-0.05, 0) is 30.7 Å². The first-order valence-corrected chi connectivity index (χ1v) is 6.96. The van der Waals surface area contributed by atoms with Gasteiger partial charge in [-0.2, -0.15) is 10.2 Å². The number of rotatable bonds is 6. The molecular weight excluding hydrogens is 266 g/mol. The zero-order chi connectivity index (χ0) is 15.1. The van der Waals surface area contributed by atoms with Crippen molar-refractivity contribution in [3.8, 4) is 0 Å². The molecule has 0 radical (unpaired) electrons. The van der Waals surface area contributed by atoms with E-state index in [2.05, 4.69) is 32.7 Å². The molecule has 0 aromatic carbocycles. The second kappa shape index (κ2) is 7.33. The summed E-state index contributed by atoms with van der Waals surface area (Å²) in [6.07, 6.45) is 3.44. The highest BCUT2D eigenvalue weighted by Crippen LogP contribution is 2.12. The number of pyridine rings is 1. The first-order valence-electron chi connectivity index (χ1n) is 6.96. The molecule has 2 aromatic heterocycles. The molecule has 0 bridgehead atoms. The number of hydrogen-bond donors (Lipinski definition) is 2. The summed E-state index contributed by atoms with van der Waals surface area (Å²) in [5, 5.41) is 13.5. The van der Waals surface area contributed by atoms with Gasteiger partial charge in [0.2, 0.25) is 0 Å². The number of anilines is 1. The van der Waals surface area contributed by atoms with Crippen molar-refractivity contribution >= 4 is 11.7 Å². The van der Waals surface area contributed by atoms with E-state index in [-0.39, 0.29) is 5.91 Å². The summed E-state index contributed by atoms with van der Waals surface area (Å²) < 4.78 is 0. The van der Waals surface area contributed by atoms with E-state index in [0.717, 1.165) is 24.2 Å². The largest absolute Gasteiger partial charge is 0.373 e. The van der Waals surface area contributed by atoms with E-state index < -0.39 is 0 Å². The molecular formula is C15H19N5O. The van der Waals surface area contributed by atoms with E-state index in [1.807, 2.05) is 12.1 Å². The third kappa shape index (κ3) is 4.24. The molecule has 0 unspecified atom stereocenters. The van der Waals surface area contributed by atoms with Gasteiger partial charge in [0.25, 0.3) is 5.91 Å². The summed E-state index contributed by atoms with van der Waals surface area (Å²) in [6, 6.07) is 7.18. The van der Waals surface area contributed by atoms with Crippen LogP contribution >= 0.6 is 0 Å². The van der Waals surface area contributed by atoms with Crippen LogP contribution in [0.25, 0.3) is 0 Å². The Morgan fingerprint density at radius 2 is 2.14 bits per heavy atom. The minimum Gasteiger partial charge on any atom is -0.373 e. The fraction of sp³-hybridized carbons (Fsp3) is 0.333. The summed E-state index contributed by atoms with van der Waals surface area (Å²) >= 11 is 0. The lowest BCUT2D eigenvalue weighted by Gasteiger charge is -2.09. The number of hydrogen-bond acceptors (Lipinski definition) is 5. The zero-order valence-electron chi connectivity index (χ0n) is 12.3. The van der Waals surface area contributed by atoms with Crippen LogP contribution in [0.3, 0.4) is 0 Å². The molecule has 2 aromatic rings. The van der Waals surface area contributed by atoms with Gasteiger partial charge >= 0.3 is 0 Å². The first kappa shape index (κ1) is 14.9. The van der Waals surface area contributed by atoms with Crippen LogP contribution in [-0.4, -0.2) is 28.1 Å². The minimum absolute atomic E-state index is 0.142. The molecule has 6 heteroatoms. The average molecular weight is 285 g/mol. The van der Waals surface area contributed by atoms with Crippen LogP contribution in [-0.2, 0) is 13.0 Å². The van der Waals surface area contributed by atoms with Gasteiger partial charge in [0.15, 0.2) is 0 Å². The van der Waals surface area contributed by atoms with Crippen molar-refractivity contribution < 1.29 is 4.79 Å². The lowest BCUT2D eigenvalue weighted by Crippen LogP contribution is -2.24. The van der Waals surface area contributed by atoms with E-state index >= 15 is 0 Å². The van der Waals surface area contributed by atoms with Crippen LogP contribution in [0, 0.1) is 0 Å². The van der Waals surface area contributed by atoms with Crippen LogP contribution in [0.2, 0.25) is 0 Å². The van der Waals surface area contributed by atoms with Crippen molar-refractivity contribution in [2.24, 2.45) is 0 Å². The van der Waals surface area contributed by atoms with Gasteiger partial charge in [-0.25, -0.2) is 4.98 Å². The zero-order valence-corrected chi connectivity index (χ0v) is 12.3. The smallest absolute Gasteiger partial charge is 0.251 e. The number of carbonyl (C=O) groups excluding carboxylic acids is 1. The minimum atomic E-state index is -0.142. The SMILES string of the molecule is CCCc1cc(C(=O)NCc2cccnn2)cc(NC)n1. The van der Waals surface area contributed by atoms with E-state index in [0.29, 0.717) is 17.9 Å². The third-order valence-corrected chi connectivity index (χ3v) is 2.96. The molecule has 0 fully saturated rings. The van der Waals surface area contributed by atoms with Gasteiger partial charge in [-0.3, -0.25) is 4.79 Å². The molecule has 110 valence electrons. The Labute approximate surface area is 124 Å². The average Bonchev–Trinajstić information content (AvgIpc) is 2.53.